The largest absolute Gasteiger partial charge is 0.507 e. The molecule has 1 aromatic carbocycles. The maximum absolute atomic E-state index is 9.59. The topological polar surface area (TPSA) is 46.2 Å². The molecule has 0 heterocycles. The number of benzene rings is 1. The van der Waals surface area contributed by atoms with E-state index in [2.05, 4.69) is 15.9 Å². The third kappa shape index (κ3) is 1.35. The van der Waals surface area contributed by atoms with Gasteiger partial charge in [-0.25, -0.2) is 0 Å². The summed E-state index contributed by atoms with van der Waals surface area (Å²) < 4.78 is 0.801. The smallest absolute Gasteiger partial charge is 0.130 e. The minimum absolute atomic E-state index is 0.0948. The van der Waals surface area contributed by atoms with Gasteiger partial charge in [-0.1, -0.05) is 12.1 Å². The van der Waals surface area contributed by atoms with Crippen LogP contribution < -0.4 is 5.73 Å². The number of halogens is 1. The number of nitrogens with two attached hydrogens (primary N) is 1. The number of phenols is 1. The Labute approximate surface area is 92.3 Å². The maximum atomic E-state index is 9.59. The van der Waals surface area contributed by atoms with Crippen molar-refractivity contribution < 1.29 is 5.11 Å². The number of hydrogen-bond acceptors (Lipinski definition) is 2. The Morgan fingerprint density at radius 3 is 2.64 bits per heavy atom. The number of hydrogen-bond donors (Lipinski definition) is 2. The molecule has 2 rings (SSSR count). The van der Waals surface area contributed by atoms with Crippen LogP contribution in [0.3, 0.4) is 0 Å². The first kappa shape index (κ1) is 9.99. The standard InChI is InChI=1S/C11H14BrNO/c1-7(13)11(5-6-11)8-3-2-4-9(14)10(8)12/h2-4,7,14H,5-6,13H2,1H3. The molecule has 0 aromatic heterocycles. The highest BCUT2D eigenvalue weighted by molar-refractivity contribution is 9.10. The SMILES string of the molecule is CC(N)C1(c2cccc(O)c2Br)CC1. The van der Waals surface area contributed by atoms with Gasteiger partial charge in [-0.15, -0.1) is 0 Å². The lowest BCUT2D eigenvalue weighted by atomic mass is 9.89. The Morgan fingerprint density at radius 2 is 2.14 bits per heavy atom. The molecule has 3 N–H and O–H groups in total. The molecule has 0 amide bonds. The molecule has 14 heavy (non-hydrogen) atoms. The summed E-state index contributed by atoms with van der Waals surface area (Å²) in [6.45, 7) is 2.03. The van der Waals surface area contributed by atoms with E-state index in [1.165, 1.54) is 0 Å². The highest BCUT2D eigenvalue weighted by atomic mass is 79.9. The number of aromatic hydroxyl groups is 1. The third-order valence-corrected chi connectivity index (χ3v) is 4.01. The molecule has 0 bridgehead atoms. The van der Waals surface area contributed by atoms with E-state index >= 15 is 0 Å². The zero-order valence-corrected chi connectivity index (χ0v) is 9.71. The van der Waals surface area contributed by atoms with Crippen molar-refractivity contribution in [1.29, 1.82) is 0 Å². The van der Waals surface area contributed by atoms with Gasteiger partial charge < -0.3 is 10.8 Å². The molecule has 0 radical (unpaired) electrons. The summed E-state index contributed by atoms with van der Waals surface area (Å²) in [6.07, 6.45) is 2.24. The van der Waals surface area contributed by atoms with Crippen LogP contribution in [0.4, 0.5) is 0 Å². The van der Waals surface area contributed by atoms with Crippen LogP contribution in [0.15, 0.2) is 22.7 Å². The van der Waals surface area contributed by atoms with Crippen molar-refractivity contribution >= 4 is 15.9 Å². The van der Waals surface area contributed by atoms with Gasteiger partial charge in [-0.3, -0.25) is 0 Å². The molecule has 1 aromatic rings. The Morgan fingerprint density at radius 1 is 1.50 bits per heavy atom. The van der Waals surface area contributed by atoms with Crippen molar-refractivity contribution in [3.63, 3.8) is 0 Å². The van der Waals surface area contributed by atoms with Gasteiger partial charge in [0.1, 0.15) is 5.75 Å². The van der Waals surface area contributed by atoms with Crippen molar-refractivity contribution in [1.82, 2.24) is 0 Å². The second kappa shape index (κ2) is 3.24. The lowest BCUT2D eigenvalue weighted by Gasteiger charge is -2.21. The van der Waals surface area contributed by atoms with Gasteiger partial charge in [0, 0.05) is 11.5 Å². The average Bonchev–Trinajstić information content (AvgIpc) is 2.90. The molecule has 1 aliphatic rings. The monoisotopic (exact) mass is 255 g/mol. The highest BCUT2D eigenvalue weighted by Gasteiger charge is 2.48. The van der Waals surface area contributed by atoms with Gasteiger partial charge in [-0.2, -0.15) is 0 Å². The lowest BCUT2D eigenvalue weighted by molar-refractivity contribution is 0.466. The molecule has 3 heteroatoms. The Bertz CT molecular complexity index is 358. The van der Waals surface area contributed by atoms with Crippen molar-refractivity contribution in [3.8, 4) is 5.75 Å². The summed E-state index contributed by atoms with van der Waals surface area (Å²) in [7, 11) is 0. The molecule has 1 fully saturated rings. The molecule has 0 aliphatic heterocycles. The van der Waals surface area contributed by atoms with E-state index in [-0.39, 0.29) is 11.5 Å². The second-order valence-corrected chi connectivity index (χ2v) is 4.88. The summed E-state index contributed by atoms with van der Waals surface area (Å²) in [5.74, 6) is 0.300. The van der Waals surface area contributed by atoms with E-state index < -0.39 is 0 Å². The lowest BCUT2D eigenvalue weighted by Crippen LogP contribution is -2.31. The van der Waals surface area contributed by atoms with E-state index in [1.807, 2.05) is 19.1 Å². The van der Waals surface area contributed by atoms with Crippen molar-refractivity contribution in [2.75, 3.05) is 0 Å². The van der Waals surface area contributed by atoms with Crippen LogP contribution in [-0.2, 0) is 5.41 Å². The number of phenolic OH excluding ortho intramolecular Hbond substituents is 1. The van der Waals surface area contributed by atoms with Crippen LogP contribution in [0.1, 0.15) is 25.3 Å². The molecule has 0 spiro atoms. The van der Waals surface area contributed by atoms with Gasteiger partial charge in [0.2, 0.25) is 0 Å². The summed E-state index contributed by atoms with van der Waals surface area (Å²) in [4.78, 5) is 0. The quantitative estimate of drug-likeness (QED) is 0.854. The molecule has 1 saturated carbocycles. The molecule has 0 saturated heterocycles. The van der Waals surface area contributed by atoms with E-state index in [9.17, 15) is 5.11 Å². The minimum atomic E-state index is 0.0948. The van der Waals surface area contributed by atoms with E-state index in [0.29, 0.717) is 5.75 Å². The first-order chi connectivity index (χ1) is 6.58. The molecular formula is C11H14BrNO. The van der Waals surface area contributed by atoms with Gasteiger partial charge in [-0.05, 0) is 47.3 Å². The van der Waals surface area contributed by atoms with Gasteiger partial charge in [0.15, 0.2) is 0 Å². The average molecular weight is 256 g/mol. The Hall–Kier alpha value is -0.540. The molecule has 1 aliphatic carbocycles. The fourth-order valence-corrected chi connectivity index (χ4v) is 2.67. The molecule has 76 valence electrons. The first-order valence-corrected chi connectivity index (χ1v) is 5.61. The molecular weight excluding hydrogens is 242 g/mol. The van der Waals surface area contributed by atoms with E-state index in [0.717, 1.165) is 22.9 Å². The third-order valence-electron chi connectivity index (χ3n) is 3.18. The second-order valence-electron chi connectivity index (χ2n) is 4.08. The van der Waals surface area contributed by atoms with E-state index in [4.69, 9.17) is 5.73 Å². The summed E-state index contributed by atoms with van der Waals surface area (Å²) in [6, 6.07) is 5.74. The van der Waals surface area contributed by atoms with Crippen LogP contribution in [0.2, 0.25) is 0 Å². The minimum Gasteiger partial charge on any atom is -0.507 e. The summed E-state index contributed by atoms with van der Waals surface area (Å²) in [5, 5.41) is 9.59. The zero-order chi connectivity index (χ0) is 10.3. The first-order valence-electron chi connectivity index (χ1n) is 4.81. The molecule has 1 atom stereocenters. The van der Waals surface area contributed by atoms with Crippen LogP contribution in [0, 0.1) is 0 Å². The number of rotatable bonds is 2. The summed E-state index contributed by atoms with van der Waals surface area (Å²) >= 11 is 3.42. The maximum Gasteiger partial charge on any atom is 0.130 e. The fraction of sp³-hybridized carbons (Fsp3) is 0.455. The zero-order valence-electron chi connectivity index (χ0n) is 8.13. The van der Waals surface area contributed by atoms with E-state index in [1.54, 1.807) is 6.07 Å². The normalized spacial score (nSPS) is 20.5. The predicted octanol–water partition coefficient (Wildman–Crippen LogP) is 2.53. The van der Waals surface area contributed by atoms with Crippen LogP contribution in [0.25, 0.3) is 0 Å². The highest BCUT2D eigenvalue weighted by Crippen LogP contribution is 2.53. The van der Waals surface area contributed by atoms with Crippen LogP contribution in [-0.4, -0.2) is 11.1 Å². The van der Waals surface area contributed by atoms with Crippen molar-refractivity contribution in [3.05, 3.63) is 28.2 Å². The Kier molecular flexibility index (Phi) is 2.32. The van der Waals surface area contributed by atoms with Gasteiger partial charge >= 0.3 is 0 Å². The molecule has 2 nitrogen and oxygen atoms in total. The van der Waals surface area contributed by atoms with Crippen molar-refractivity contribution in [2.45, 2.75) is 31.2 Å². The summed E-state index contributed by atoms with van der Waals surface area (Å²) in [5.41, 5.74) is 7.22. The Balaban J connectivity index is 2.47. The van der Waals surface area contributed by atoms with Crippen molar-refractivity contribution in [2.24, 2.45) is 5.73 Å². The van der Waals surface area contributed by atoms with Gasteiger partial charge in [0.25, 0.3) is 0 Å². The van der Waals surface area contributed by atoms with Gasteiger partial charge in [0.05, 0.1) is 4.47 Å². The fourth-order valence-electron chi connectivity index (χ4n) is 2.01. The predicted molar refractivity (Wildman–Crippen MR) is 60.4 cm³/mol. The molecule has 1 unspecified atom stereocenters. The van der Waals surface area contributed by atoms with Crippen LogP contribution in [0.5, 0.6) is 5.75 Å². The van der Waals surface area contributed by atoms with Crippen LogP contribution >= 0.6 is 15.9 Å².